The highest BCUT2D eigenvalue weighted by molar-refractivity contribution is 6.09. The summed E-state index contributed by atoms with van der Waals surface area (Å²) in [6.45, 7) is 24.2. The molecule has 0 radical (unpaired) electrons. The number of rotatable bonds is 9. The van der Waals surface area contributed by atoms with Crippen LogP contribution in [0, 0.1) is 88.9 Å². The molecular formula is C95H112N7O+5. The van der Waals surface area contributed by atoms with E-state index in [1.807, 2.05) is 113 Å². The first-order valence-corrected chi connectivity index (χ1v) is 35.3. The number of pyridine rings is 7. The average Bonchev–Trinajstić information content (AvgIpc) is 1.66. The van der Waals surface area contributed by atoms with E-state index in [-0.39, 0.29) is 7.43 Å². The molecule has 1 atom stereocenters. The van der Waals surface area contributed by atoms with E-state index < -0.39 is 26.4 Å². The van der Waals surface area contributed by atoms with Crippen molar-refractivity contribution in [3.63, 3.8) is 0 Å². The molecule has 103 heavy (non-hydrogen) atoms. The van der Waals surface area contributed by atoms with Crippen LogP contribution in [-0.2, 0) is 41.7 Å². The van der Waals surface area contributed by atoms with Crippen LogP contribution >= 0.6 is 0 Å². The molecule has 6 aromatic carbocycles. The van der Waals surface area contributed by atoms with Crippen LogP contribution in [0.2, 0.25) is 0 Å². The van der Waals surface area contributed by atoms with Crippen LogP contribution in [-0.4, -0.2) is 9.97 Å². The molecule has 8 heteroatoms. The van der Waals surface area contributed by atoms with E-state index in [1.54, 1.807) is 30.5 Å². The van der Waals surface area contributed by atoms with Gasteiger partial charge in [-0.1, -0.05) is 127 Å². The molecule has 0 fully saturated rings. The van der Waals surface area contributed by atoms with Crippen molar-refractivity contribution < 1.29 is 41.0 Å². The van der Waals surface area contributed by atoms with Crippen molar-refractivity contribution in [3.05, 3.63) is 291 Å². The Bertz CT molecular complexity index is 5790. The predicted molar refractivity (Wildman–Crippen MR) is 433 cm³/mol. The van der Waals surface area contributed by atoms with E-state index in [0.29, 0.717) is 39.8 Å². The van der Waals surface area contributed by atoms with Gasteiger partial charge in [0, 0.05) is 113 Å². The van der Waals surface area contributed by atoms with E-state index >= 15 is 0 Å². The topological polar surface area (TPSA) is 58.3 Å². The van der Waals surface area contributed by atoms with Gasteiger partial charge in [-0.3, -0.25) is 4.98 Å². The number of fused-ring (bicyclic) bond motifs is 5. The standard InChI is InChI=1S/C23H28N.C22H23N2O.C22H26N.C14H17N2.C13H14N.CH4/c1-15(2)12-19-8-7-9-22-20(19)10-11-23(24(22)6)21-14-16(3)13-17(4)18(21)5;1-13(2)16-10-11-24(5)19(12-16)20-14(3)6-8-17-18-9-7-15(4)23-22(18)25-21(17)20;1-14(2)19-8-7-18-9-10-23(6)22(21(18)13-19)20-12-15(3)11-16(4)17(20)5;1-10-5-6-15-8-13(10)14-7-11(2)12(3)9-16(14)4;1-11-7-3-4-8-12(11)13-9-5-6-10-14(13)2;/h7-11,13-15H,12H2,1-6H3;6-13H,1-5H3;7-14H,1-6H3;5-9H,1-4H3;3-10H,1-2H3;1H4/q5*+1;/i3D3;1D3,13D;3D3;;;. The summed E-state index contributed by atoms with van der Waals surface area (Å²) >= 11 is 0. The fourth-order valence-corrected chi connectivity index (χ4v) is 13.5. The maximum absolute atomic E-state index is 8.47. The Morgan fingerprint density at radius 2 is 1.14 bits per heavy atom. The van der Waals surface area contributed by atoms with Crippen LogP contribution in [0.5, 0.6) is 0 Å². The van der Waals surface area contributed by atoms with Gasteiger partial charge in [-0.15, -0.1) is 0 Å². The van der Waals surface area contributed by atoms with Crippen molar-refractivity contribution in [1.29, 1.82) is 0 Å². The van der Waals surface area contributed by atoms with Crippen molar-refractivity contribution >= 4 is 43.7 Å². The molecule has 0 aliphatic rings. The van der Waals surface area contributed by atoms with Crippen LogP contribution in [0.4, 0.5) is 0 Å². The largest absolute Gasteiger partial charge is 0.437 e. The lowest BCUT2D eigenvalue weighted by Gasteiger charge is -2.13. The molecule has 0 bridgehead atoms. The Balaban J connectivity index is 0.000000165. The highest BCUT2D eigenvalue weighted by atomic mass is 16.3. The number of furan rings is 1. The van der Waals surface area contributed by atoms with Gasteiger partial charge in [0.15, 0.2) is 30.4 Å². The van der Waals surface area contributed by atoms with E-state index in [2.05, 4.69) is 228 Å². The van der Waals surface area contributed by atoms with Gasteiger partial charge in [-0.2, -0.15) is 4.57 Å². The molecule has 0 spiro atoms. The summed E-state index contributed by atoms with van der Waals surface area (Å²) in [7, 11) is 10.1. The number of hydrogen-bond donors (Lipinski definition) is 0. The minimum absolute atomic E-state index is 0. The first kappa shape index (κ1) is 63.6. The number of aromatic nitrogens is 7. The minimum atomic E-state index is -2.44. The van der Waals surface area contributed by atoms with Gasteiger partial charge in [0.1, 0.15) is 35.2 Å². The van der Waals surface area contributed by atoms with Gasteiger partial charge in [0.2, 0.25) is 39.7 Å². The summed E-state index contributed by atoms with van der Waals surface area (Å²) in [4.78, 5) is 8.71. The van der Waals surface area contributed by atoms with Crippen LogP contribution in [0.3, 0.4) is 0 Å². The highest BCUT2D eigenvalue weighted by Crippen LogP contribution is 2.38. The Labute approximate surface area is 629 Å². The van der Waals surface area contributed by atoms with Crippen molar-refractivity contribution in [3.8, 4) is 56.3 Å². The lowest BCUT2D eigenvalue weighted by atomic mass is 9.92. The van der Waals surface area contributed by atoms with Gasteiger partial charge >= 0.3 is 0 Å². The fourth-order valence-electron chi connectivity index (χ4n) is 13.5. The quantitative estimate of drug-likeness (QED) is 0.135. The van der Waals surface area contributed by atoms with Crippen molar-refractivity contribution in [1.82, 2.24) is 9.97 Å². The summed E-state index contributed by atoms with van der Waals surface area (Å²) < 4.78 is 95.4. The monoisotopic (exact) mass is 1380 g/mol. The third-order valence-electron chi connectivity index (χ3n) is 19.9. The zero-order valence-electron chi connectivity index (χ0n) is 73.5. The second-order valence-corrected chi connectivity index (χ2v) is 28.3. The number of aryl methyl sites for hydroxylation is 15. The van der Waals surface area contributed by atoms with Crippen LogP contribution in [0.1, 0.15) is 158 Å². The van der Waals surface area contributed by atoms with Gasteiger partial charge in [0.25, 0.3) is 0 Å². The van der Waals surface area contributed by atoms with Crippen molar-refractivity contribution in [2.75, 3.05) is 0 Å². The van der Waals surface area contributed by atoms with E-state index in [9.17, 15) is 0 Å². The summed E-state index contributed by atoms with van der Waals surface area (Å²) in [5.41, 5.74) is 28.4. The molecule has 1 unspecified atom stereocenters. The molecule has 0 amide bonds. The lowest BCUT2D eigenvalue weighted by Crippen LogP contribution is -2.32. The molecule has 8 heterocycles. The number of benzene rings is 6. The van der Waals surface area contributed by atoms with Crippen LogP contribution in [0.25, 0.3) is 100 Å². The molecule has 0 saturated carbocycles. The first-order chi connectivity index (χ1) is 52.6. The number of hydrogen-bond acceptors (Lipinski definition) is 3. The first-order valence-electron chi connectivity index (χ1n) is 40.3. The molecule has 14 aromatic rings. The molecule has 0 saturated heterocycles. The molecular weight excluding hydrogens is 1260 g/mol. The van der Waals surface area contributed by atoms with E-state index in [1.165, 1.54) is 79.1 Å². The molecule has 0 aliphatic heterocycles. The van der Waals surface area contributed by atoms with Crippen LogP contribution in [0.15, 0.2) is 211 Å². The smallest absolute Gasteiger partial charge is 0.227 e. The second-order valence-electron chi connectivity index (χ2n) is 28.3. The molecule has 528 valence electrons. The van der Waals surface area contributed by atoms with Crippen molar-refractivity contribution in [2.45, 2.75) is 150 Å². The number of nitrogens with zero attached hydrogens (tertiary/aromatic N) is 7. The SMILES string of the molecule is C.Cc1cc(-c2cnccc2C)[n+](C)cc1C.Cc1ccccc1-c1cccc[n+]1C.[2H]C([2H])([2H])C([2H])(C)c1cc[n+](C)c(-c2c(C)ccc3c2oc2nc(C)ccc23)c1.[2H]C([2H])([2H])c1cc(C)c(C)c(-c2c3cc(C(C)C)ccc3cc[n+]2C)c1.[2H]C([2H])([2H])c1cc(C)c(C)c(-c2ccc3c(CC(C)C)cccc3[n+]2C)c1. The Kier molecular flexibility index (Phi) is 20.5. The van der Waals surface area contributed by atoms with Crippen LogP contribution < -0.4 is 22.8 Å². The Morgan fingerprint density at radius 1 is 0.466 bits per heavy atom. The average molecular weight is 1380 g/mol. The zero-order chi connectivity index (χ0) is 82.0. The maximum atomic E-state index is 8.47. The fraction of sp³-hybridized carbons (Fsp3) is 0.295. The van der Waals surface area contributed by atoms with Crippen molar-refractivity contribution in [2.24, 2.45) is 41.2 Å². The van der Waals surface area contributed by atoms with E-state index in [0.717, 1.165) is 89.9 Å². The molecule has 0 N–H and O–H groups in total. The highest BCUT2D eigenvalue weighted by Gasteiger charge is 2.25. The summed E-state index contributed by atoms with van der Waals surface area (Å²) in [5.74, 6) is -0.680. The third kappa shape index (κ3) is 17.3. The summed E-state index contributed by atoms with van der Waals surface area (Å²) in [5, 5.41) is 5.49. The van der Waals surface area contributed by atoms with Gasteiger partial charge in [-0.05, 0) is 228 Å². The van der Waals surface area contributed by atoms with E-state index in [4.69, 9.17) is 18.1 Å². The molecule has 14 rings (SSSR count). The minimum Gasteiger partial charge on any atom is -0.437 e. The molecule has 0 aliphatic carbocycles. The Hall–Kier alpha value is -10.3. The second kappa shape index (κ2) is 33.2. The third-order valence-corrected chi connectivity index (χ3v) is 19.9. The van der Waals surface area contributed by atoms with Gasteiger partial charge < -0.3 is 4.42 Å². The lowest BCUT2D eigenvalue weighted by molar-refractivity contribution is -0.660. The summed E-state index contributed by atoms with van der Waals surface area (Å²) in [6.07, 6.45) is 12.9. The zero-order valence-corrected chi connectivity index (χ0v) is 63.5. The normalized spacial score (nSPS) is 13.5. The molecule has 8 aromatic heterocycles. The van der Waals surface area contributed by atoms with Gasteiger partial charge in [-0.25, -0.2) is 23.3 Å². The molecule has 8 nitrogen and oxygen atoms in total. The van der Waals surface area contributed by atoms with Gasteiger partial charge in [0.05, 0.1) is 22.1 Å². The predicted octanol–water partition coefficient (Wildman–Crippen LogP) is 21.7. The Morgan fingerprint density at radius 3 is 1.83 bits per heavy atom. The maximum Gasteiger partial charge on any atom is 0.227 e. The summed E-state index contributed by atoms with van der Waals surface area (Å²) in [6, 6.07) is 57.2.